The number of hydrogen-bond donors (Lipinski definition) is 2. The summed E-state index contributed by atoms with van der Waals surface area (Å²) in [5.41, 5.74) is 0. The standard InChI is InChI=1S/C12H17N3O3S2/c1-2-3-10-15(8(7-20-10)11(16)17)12(18)14-6-9-13-4-5-19-9/h4-5,8,10H,2-3,6-7H2,1H3,(H,14,18)(H,16,17). The number of thiazole rings is 1. The van der Waals surface area contributed by atoms with Gasteiger partial charge in [-0.25, -0.2) is 14.6 Å². The summed E-state index contributed by atoms with van der Waals surface area (Å²) in [5.74, 6) is -0.495. The number of nitrogens with zero attached hydrogens (tertiary/aromatic N) is 2. The van der Waals surface area contributed by atoms with Gasteiger partial charge in [0.1, 0.15) is 11.0 Å². The highest BCUT2D eigenvalue weighted by atomic mass is 32.2. The average molecular weight is 315 g/mol. The van der Waals surface area contributed by atoms with E-state index < -0.39 is 12.0 Å². The van der Waals surface area contributed by atoms with E-state index in [1.54, 1.807) is 6.20 Å². The van der Waals surface area contributed by atoms with Gasteiger partial charge in [0.05, 0.1) is 11.9 Å². The Bertz CT molecular complexity index is 467. The van der Waals surface area contributed by atoms with E-state index in [-0.39, 0.29) is 11.4 Å². The Balaban J connectivity index is 2.00. The maximum atomic E-state index is 12.3. The molecule has 2 rings (SSSR count). The van der Waals surface area contributed by atoms with Gasteiger partial charge in [0.15, 0.2) is 0 Å². The number of nitrogens with one attached hydrogen (secondary N) is 1. The first-order valence-corrected chi connectivity index (χ1v) is 8.35. The number of aliphatic carboxylic acids is 1. The lowest BCUT2D eigenvalue weighted by Gasteiger charge is -2.27. The van der Waals surface area contributed by atoms with Crippen LogP contribution in [0, 0.1) is 0 Å². The number of amides is 2. The van der Waals surface area contributed by atoms with Crippen molar-refractivity contribution < 1.29 is 14.7 Å². The van der Waals surface area contributed by atoms with Crippen molar-refractivity contribution in [1.82, 2.24) is 15.2 Å². The number of aromatic nitrogens is 1. The van der Waals surface area contributed by atoms with Gasteiger partial charge in [0, 0.05) is 17.3 Å². The SMILES string of the molecule is CCCC1SCC(C(=O)O)N1C(=O)NCc1nccs1. The molecule has 2 heterocycles. The molecule has 0 radical (unpaired) electrons. The van der Waals surface area contributed by atoms with Crippen LogP contribution in [-0.2, 0) is 11.3 Å². The van der Waals surface area contributed by atoms with Crippen LogP contribution in [0.15, 0.2) is 11.6 Å². The fraction of sp³-hybridized carbons (Fsp3) is 0.583. The quantitative estimate of drug-likeness (QED) is 0.868. The van der Waals surface area contributed by atoms with Crippen LogP contribution in [-0.4, -0.2) is 44.2 Å². The Kier molecular flexibility index (Phi) is 5.24. The lowest BCUT2D eigenvalue weighted by Crippen LogP contribution is -2.49. The van der Waals surface area contributed by atoms with Gasteiger partial charge >= 0.3 is 12.0 Å². The maximum absolute atomic E-state index is 12.3. The second kappa shape index (κ2) is 6.94. The smallest absolute Gasteiger partial charge is 0.327 e. The van der Waals surface area contributed by atoms with Crippen LogP contribution in [0.1, 0.15) is 24.8 Å². The molecule has 1 aromatic heterocycles. The van der Waals surface area contributed by atoms with E-state index in [0.29, 0.717) is 12.3 Å². The average Bonchev–Trinajstić information content (AvgIpc) is 3.05. The molecule has 2 atom stereocenters. The summed E-state index contributed by atoms with van der Waals surface area (Å²) in [7, 11) is 0. The molecule has 0 aliphatic carbocycles. The molecule has 1 aromatic rings. The van der Waals surface area contributed by atoms with E-state index in [9.17, 15) is 14.7 Å². The highest BCUT2D eigenvalue weighted by molar-refractivity contribution is 8.00. The number of carboxylic acid groups (broad SMARTS) is 1. The van der Waals surface area contributed by atoms with Gasteiger partial charge < -0.3 is 10.4 Å². The maximum Gasteiger partial charge on any atom is 0.327 e. The van der Waals surface area contributed by atoms with Crippen LogP contribution in [0.5, 0.6) is 0 Å². The molecule has 1 fully saturated rings. The molecule has 1 saturated heterocycles. The van der Waals surface area contributed by atoms with Gasteiger partial charge in [-0.15, -0.1) is 23.1 Å². The summed E-state index contributed by atoms with van der Waals surface area (Å²) in [6.07, 6.45) is 3.40. The first-order valence-electron chi connectivity index (χ1n) is 6.42. The molecule has 2 N–H and O–H groups in total. The van der Waals surface area contributed by atoms with Crippen molar-refractivity contribution in [2.45, 2.75) is 37.7 Å². The summed E-state index contributed by atoms with van der Waals surface area (Å²) in [5, 5.41) is 14.6. The Morgan fingerprint density at radius 3 is 3.00 bits per heavy atom. The molecule has 0 spiro atoms. The van der Waals surface area contributed by atoms with Crippen molar-refractivity contribution in [2.24, 2.45) is 0 Å². The molecular weight excluding hydrogens is 298 g/mol. The predicted octanol–water partition coefficient (Wildman–Crippen LogP) is 1.98. The summed E-state index contributed by atoms with van der Waals surface area (Å²) < 4.78 is 0. The Morgan fingerprint density at radius 2 is 2.40 bits per heavy atom. The van der Waals surface area contributed by atoms with Crippen molar-refractivity contribution in [1.29, 1.82) is 0 Å². The normalized spacial score (nSPS) is 21.9. The lowest BCUT2D eigenvalue weighted by atomic mass is 10.2. The molecule has 110 valence electrons. The third kappa shape index (κ3) is 3.43. The van der Waals surface area contributed by atoms with E-state index >= 15 is 0 Å². The van der Waals surface area contributed by atoms with Gasteiger partial charge in [-0.3, -0.25) is 4.90 Å². The molecular formula is C12H17N3O3S2. The van der Waals surface area contributed by atoms with Crippen LogP contribution in [0.2, 0.25) is 0 Å². The zero-order chi connectivity index (χ0) is 14.5. The predicted molar refractivity (Wildman–Crippen MR) is 78.8 cm³/mol. The number of urea groups is 1. The molecule has 0 saturated carbocycles. The van der Waals surface area contributed by atoms with Gasteiger partial charge in [-0.1, -0.05) is 13.3 Å². The molecule has 6 nitrogen and oxygen atoms in total. The van der Waals surface area contributed by atoms with Crippen LogP contribution >= 0.6 is 23.1 Å². The zero-order valence-electron chi connectivity index (χ0n) is 11.1. The second-order valence-corrected chi connectivity index (χ2v) is 6.61. The third-order valence-corrected chi connectivity index (χ3v) is 5.16. The molecule has 0 aromatic carbocycles. The summed E-state index contributed by atoms with van der Waals surface area (Å²) in [4.78, 5) is 29.1. The second-order valence-electron chi connectivity index (χ2n) is 4.42. The molecule has 1 aliphatic heterocycles. The minimum absolute atomic E-state index is 0.0580. The topological polar surface area (TPSA) is 82.5 Å². The van der Waals surface area contributed by atoms with E-state index in [1.165, 1.54) is 28.0 Å². The van der Waals surface area contributed by atoms with Gasteiger partial charge in [0.25, 0.3) is 0 Å². The molecule has 2 unspecified atom stereocenters. The number of carbonyl (C=O) groups excluding carboxylic acids is 1. The lowest BCUT2D eigenvalue weighted by molar-refractivity contribution is -0.141. The van der Waals surface area contributed by atoms with Crippen molar-refractivity contribution in [3.63, 3.8) is 0 Å². The largest absolute Gasteiger partial charge is 0.480 e. The number of rotatable bonds is 5. The fourth-order valence-electron chi connectivity index (χ4n) is 2.08. The van der Waals surface area contributed by atoms with E-state index in [1.807, 2.05) is 12.3 Å². The fourth-order valence-corrected chi connectivity index (χ4v) is 4.15. The minimum atomic E-state index is -0.944. The summed E-state index contributed by atoms with van der Waals surface area (Å²) in [6.45, 7) is 2.36. The minimum Gasteiger partial charge on any atom is -0.480 e. The monoisotopic (exact) mass is 315 g/mol. The van der Waals surface area contributed by atoms with Crippen molar-refractivity contribution in [3.8, 4) is 0 Å². The first kappa shape index (κ1) is 15.1. The van der Waals surface area contributed by atoms with Crippen molar-refractivity contribution in [3.05, 3.63) is 16.6 Å². The Morgan fingerprint density at radius 1 is 1.60 bits per heavy atom. The Labute approximate surface area is 125 Å². The van der Waals surface area contributed by atoms with Gasteiger partial charge in [-0.05, 0) is 6.42 Å². The Hall–Kier alpha value is -1.28. The molecule has 0 bridgehead atoms. The molecule has 8 heteroatoms. The zero-order valence-corrected chi connectivity index (χ0v) is 12.7. The number of thioether (sulfide) groups is 1. The number of carbonyl (C=O) groups is 2. The van der Waals surface area contributed by atoms with Crippen molar-refractivity contribution >= 4 is 35.1 Å². The highest BCUT2D eigenvalue weighted by Gasteiger charge is 2.41. The van der Waals surface area contributed by atoms with Gasteiger partial charge in [0.2, 0.25) is 0 Å². The third-order valence-electron chi connectivity index (χ3n) is 3.02. The van der Waals surface area contributed by atoms with Crippen LogP contribution in [0.3, 0.4) is 0 Å². The van der Waals surface area contributed by atoms with Crippen LogP contribution in [0.4, 0.5) is 4.79 Å². The van der Waals surface area contributed by atoms with E-state index in [4.69, 9.17) is 0 Å². The number of hydrogen-bond acceptors (Lipinski definition) is 5. The summed E-state index contributed by atoms with van der Waals surface area (Å²) >= 11 is 2.99. The summed E-state index contributed by atoms with van der Waals surface area (Å²) in [6, 6.07) is -1.07. The van der Waals surface area contributed by atoms with E-state index in [0.717, 1.165) is 17.8 Å². The highest BCUT2D eigenvalue weighted by Crippen LogP contribution is 2.32. The molecule has 20 heavy (non-hydrogen) atoms. The van der Waals surface area contributed by atoms with Crippen molar-refractivity contribution in [2.75, 3.05) is 5.75 Å². The van der Waals surface area contributed by atoms with Crippen LogP contribution < -0.4 is 5.32 Å². The molecule has 1 aliphatic rings. The van der Waals surface area contributed by atoms with Gasteiger partial charge in [-0.2, -0.15) is 0 Å². The number of carboxylic acids is 1. The first-order chi connectivity index (χ1) is 9.63. The molecule has 2 amide bonds. The van der Waals surface area contributed by atoms with E-state index in [2.05, 4.69) is 10.3 Å². The van der Waals surface area contributed by atoms with Crippen LogP contribution in [0.25, 0.3) is 0 Å².